The van der Waals surface area contributed by atoms with Crippen LogP contribution in [0.3, 0.4) is 0 Å². The van der Waals surface area contributed by atoms with Gasteiger partial charge in [-0.15, -0.1) is 0 Å². The molecule has 19 heavy (non-hydrogen) atoms. The van der Waals surface area contributed by atoms with E-state index in [-0.39, 0.29) is 5.82 Å². The van der Waals surface area contributed by atoms with Crippen LogP contribution in [0.2, 0.25) is 0 Å². The molecule has 0 bridgehead atoms. The molecule has 0 aliphatic carbocycles. The van der Waals surface area contributed by atoms with Crippen molar-refractivity contribution in [1.82, 2.24) is 5.32 Å². The smallest absolute Gasteiger partial charge is 0.129 e. The maximum absolute atomic E-state index is 14.0. The van der Waals surface area contributed by atoms with E-state index in [0.717, 1.165) is 37.3 Å². The summed E-state index contributed by atoms with van der Waals surface area (Å²) in [5.74, 6) is 0.469. The summed E-state index contributed by atoms with van der Waals surface area (Å²) >= 11 is 0. The van der Waals surface area contributed by atoms with Crippen LogP contribution >= 0.6 is 0 Å². The number of nitrogens with one attached hydrogen (secondary N) is 1. The maximum Gasteiger partial charge on any atom is 0.129 e. The molecule has 0 saturated heterocycles. The van der Waals surface area contributed by atoms with Crippen LogP contribution in [0.5, 0.6) is 0 Å². The molecule has 0 spiro atoms. The summed E-state index contributed by atoms with van der Waals surface area (Å²) in [7, 11) is 0. The topological polar surface area (TPSA) is 15.3 Å². The first-order chi connectivity index (χ1) is 9.10. The van der Waals surface area contributed by atoms with E-state index in [9.17, 15) is 4.39 Å². The molecule has 0 atom stereocenters. The van der Waals surface area contributed by atoms with E-state index >= 15 is 0 Å². The van der Waals surface area contributed by atoms with Crippen molar-refractivity contribution >= 4 is 5.69 Å². The Morgan fingerprint density at radius 3 is 2.58 bits per heavy atom. The lowest BCUT2D eigenvalue weighted by molar-refractivity contribution is 0.534. The minimum absolute atomic E-state index is 0.108. The summed E-state index contributed by atoms with van der Waals surface area (Å²) in [5, 5.41) is 3.34. The molecule has 2 nitrogen and oxygen atoms in total. The molecule has 108 valence electrons. The zero-order chi connectivity index (χ0) is 14.3. The Morgan fingerprint density at radius 1 is 1.26 bits per heavy atom. The predicted molar refractivity (Wildman–Crippen MR) is 81.1 cm³/mol. The van der Waals surface area contributed by atoms with Crippen molar-refractivity contribution in [2.45, 2.75) is 40.7 Å². The van der Waals surface area contributed by atoms with Crippen molar-refractivity contribution in [3.05, 3.63) is 29.6 Å². The first kappa shape index (κ1) is 16.0. The van der Waals surface area contributed by atoms with Crippen molar-refractivity contribution in [1.29, 1.82) is 0 Å². The number of benzene rings is 1. The van der Waals surface area contributed by atoms with E-state index in [4.69, 9.17) is 0 Å². The molecule has 1 aromatic carbocycles. The van der Waals surface area contributed by atoms with E-state index in [1.54, 1.807) is 12.1 Å². The highest BCUT2D eigenvalue weighted by molar-refractivity contribution is 5.54. The number of hydrogen-bond donors (Lipinski definition) is 1. The van der Waals surface area contributed by atoms with Gasteiger partial charge in [-0.3, -0.25) is 0 Å². The van der Waals surface area contributed by atoms with Crippen LogP contribution in [0.25, 0.3) is 0 Å². The first-order valence-electron chi connectivity index (χ1n) is 7.33. The number of anilines is 1. The van der Waals surface area contributed by atoms with E-state index in [1.165, 1.54) is 0 Å². The Kier molecular flexibility index (Phi) is 6.85. The zero-order valence-electron chi connectivity index (χ0n) is 12.7. The lowest BCUT2D eigenvalue weighted by atomic mass is 10.1. The maximum atomic E-state index is 14.0. The zero-order valence-corrected chi connectivity index (χ0v) is 12.7. The largest absolute Gasteiger partial charge is 0.371 e. The van der Waals surface area contributed by atoms with Crippen molar-refractivity contribution in [2.24, 2.45) is 5.92 Å². The Labute approximate surface area is 117 Å². The van der Waals surface area contributed by atoms with Gasteiger partial charge in [0.25, 0.3) is 0 Å². The Balaban J connectivity index is 2.87. The molecule has 1 N–H and O–H groups in total. The van der Waals surface area contributed by atoms with Gasteiger partial charge in [0.2, 0.25) is 0 Å². The quantitative estimate of drug-likeness (QED) is 0.769. The molecule has 0 aliphatic rings. The molecule has 1 rings (SSSR count). The van der Waals surface area contributed by atoms with E-state index in [0.29, 0.717) is 12.5 Å². The highest BCUT2D eigenvalue weighted by Gasteiger charge is 2.12. The Bertz CT molecular complexity index is 377. The third-order valence-electron chi connectivity index (χ3n) is 3.16. The fourth-order valence-electron chi connectivity index (χ4n) is 2.22. The second kappa shape index (κ2) is 8.16. The lowest BCUT2D eigenvalue weighted by Crippen LogP contribution is -2.27. The highest BCUT2D eigenvalue weighted by Crippen LogP contribution is 2.23. The van der Waals surface area contributed by atoms with Gasteiger partial charge in [0, 0.05) is 30.9 Å². The highest BCUT2D eigenvalue weighted by atomic mass is 19.1. The fourth-order valence-corrected chi connectivity index (χ4v) is 2.22. The minimum Gasteiger partial charge on any atom is -0.371 e. The van der Waals surface area contributed by atoms with Gasteiger partial charge in [0.15, 0.2) is 0 Å². The molecule has 0 aromatic heterocycles. The normalized spacial score (nSPS) is 11.1. The van der Waals surface area contributed by atoms with Crippen LogP contribution in [0.4, 0.5) is 10.1 Å². The van der Waals surface area contributed by atoms with Crippen LogP contribution in [0.15, 0.2) is 18.2 Å². The van der Waals surface area contributed by atoms with Gasteiger partial charge in [0.1, 0.15) is 5.82 Å². The summed E-state index contributed by atoms with van der Waals surface area (Å²) in [6, 6.07) is 5.37. The molecule has 1 aromatic rings. The van der Waals surface area contributed by atoms with Gasteiger partial charge in [-0.2, -0.15) is 0 Å². The number of halogens is 1. The summed E-state index contributed by atoms with van der Waals surface area (Å²) in [5.41, 5.74) is 1.82. The summed E-state index contributed by atoms with van der Waals surface area (Å²) in [6.07, 6.45) is 1.07. The summed E-state index contributed by atoms with van der Waals surface area (Å²) in [6.45, 7) is 12.0. The van der Waals surface area contributed by atoms with Gasteiger partial charge < -0.3 is 10.2 Å². The van der Waals surface area contributed by atoms with Crippen molar-refractivity contribution in [3.8, 4) is 0 Å². The molecule has 0 amide bonds. The third kappa shape index (κ3) is 4.83. The third-order valence-corrected chi connectivity index (χ3v) is 3.16. The molecule has 0 aliphatic heterocycles. The standard InChI is InChI=1S/C16H27FN2/c1-5-10-19(6-2)16-9-7-8-15(17)14(16)12-18-11-13(3)4/h7-9,13,18H,5-6,10-12H2,1-4H3. The van der Waals surface area contributed by atoms with Crippen LogP contribution in [-0.2, 0) is 6.54 Å². The second-order valence-corrected chi connectivity index (χ2v) is 5.34. The molecule has 0 radical (unpaired) electrons. The van der Waals surface area contributed by atoms with E-state index in [1.807, 2.05) is 6.07 Å². The summed E-state index contributed by atoms with van der Waals surface area (Å²) < 4.78 is 14.0. The van der Waals surface area contributed by atoms with Crippen molar-refractivity contribution in [3.63, 3.8) is 0 Å². The second-order valence-electron chi connectivity index (χ2n) is 5.34. The van der Waals surface area contributed by atoms with Gasteiger partial charge >= 0.3 is 0 Å². The van der Waals surface area contributed by atoms with E-state index in [2.05, 4.69) is 37.9 Å². The summed E-state index contributed by atoms with van der Waals surface area (Å²) in [4.78, 5) is 2.25. The molecule has 0 saturated carbocycles. The average molecular weight is 266 g/mol. The van der Waals surface area contributed by atoms with Crippen LogP contribution in [0, 0.1) is 11.7 Å². The van der Waals surface area contributed by atoms with Gasteiger partial charge in [-0.05, 0) is 37.9 Å². The number of rotatable bonds is 8. The lowest BCUT2D eigenvalue weighted by Gasteiger charge is -2.26. The molecular weight excluding hydrogens is 239 g/mol. The Morgan fingerprint density at radius 2 is 2.00 bits per heavy atom. The van der Waals surface area contributed by atoms with Crippen LogP contribution in [-0.4, -0.2) is 19.6 Å². The first-order valence-corrected chi connectivity index (χ1v) is 7.33. The fraction of sp³-hybridized carbons (Fsp3) is 0.625. The van der Waals surface area contributed by atoms with Crippen LogP contribution in [0.1, 0.15) is 39.7 Å². The monoisotopic (exact) mass is 266 g/mol. The van der Waals surface area contributed by atoms with Crippen molar-refractivity contribution in [2.75, 3.05) is 24.5 Å². The number of nitrogens with zero attached hydrogens (tertiary/aromatic N) is 1. The molecule has 0 heterocycles. The SMILES string of the molecule is CCCN(CC)c1cccc(F)c1CNCC(C)C. The van der Waals surface area contributed by atoms with Gasteiger partial charge in [-0.1, -0.05) is 26.8 Å². The van der Waals surface area contributed by atoms with Gasteiger partial charge in [-0.25, -0.2) is 4.39 Å². The number of hydrogen-bond acceptors (Lipinski definition) is 2. The van der Waals surface area contributed by atoms with E-state index < -0.39 is 0 Å². The van der Waals surface area contributed by atoms with Crippen molar-refractivity contribution < 1.29 is 4.39 Å². The Hall–Kier alpha value is -1.09. The molecular formula is C16H27FN2. The van der Waals surface area contributed by atoms with Crippen LogP contribution < -0.4 is 10.2 Å². The molecule has 0 unspecified atom stereocenters. The molecule has 0 fully saturated rings. The van der Waals surface area contributed by atoms with Gasteiger partial charge in [0.05, 0.1) is 0 Å². The molecule has 3 heteroatoms. The average Bonchev–Trinajstić information content (AvgIpc) is 2.37. The minimum atomic E-state index is -0.108. The predicted octanol–water partition coefficient (Wildman–Crippen LogP) is 3.81.